The predicted molar refractivity (Wildman–Crippen MR) is 105 cm³/mol. The van der Waals surface area contributed by atoms with Gasteiger partial charge in [-0.2, -0.15) is 0 Å². The lowest BCUT2D eigenvalue weighted by atomic mass is 10.1. The highest BCUT2D eigenvalue weighted by Gasteiger charge is 2.23. The van der Waals surface area contributed by atoms with Gasteiger partial charge >= 0.3 is 0 Å². The summed E-state index contributed by atoms with van der Waals surface area (Å²) in [5.74, 6) is -0.0646. The summed E-state index contributed by atoms with van der Waals surface area (Å²) in [6, 6.07) is 7.41. The second-order valence-corrected chi connectivity index (χ2v) is 7.42. The Kier molecular flexibility index (Phi) is 4.74. The number of rotatable bonds is 3. The molecule has 27 heavy (non-hydrogen) atoms. The molecule has 0 spiro atoms. The average Bonchev–Trinajstić information content (AvgIpc) is 3.10. The molecule has 0 bridgehead atoms. The number of amides is 1. The first-order valence-corrected chi connectivity index (χ1v) is 9.56. The van der Waals surface area contributed by atoms with Gasteiger partial charge in [-0.1, -0.05) is 23.7 Å². The summed E-state index contributed by atoms with van der Waals surface area (Å²) in [6.45, 7) is 3.33. The van der Waals surface area contributed by atoms with Crippen molar-refractivity contribution in [3.8, 4) is 0 Å². The van der Waals surface area contributed by atoms with E-state index in [4.69, 9.17) is 11.6 Å². The molecule has 0 saturated carbocycles. The van der Waals surface area contributed by atoms with Crippen molar-refractivity contribution >= 4 is 23.2 Å². The number of benzene rings is 1. The number of fused-ring (bicyclic) bond motifs is 1. The minimum Gasteiger partial charge on any atom is -0.338 e. The minimum absolute atomic E-state index is 0.0646. The molecule has 3 heterocycles. The number of nitrogens with one attached hydrogen (secondary N) is 1. The molecule has 1 aliphatic rings. The van der Waals surface area contributed by atoms with Crippen LogP contribution in [0.2, 0.25) is 5.02 Å². The van der Waals surface area contributed by atoms with E-state index >= 15 is 0 Å². The number of hydrogen-bond acceptors (Lipinski definition) is 3. The van der Waals surface area contributed by atoms with Gasteiger partial charge in [-0.05, 0) is 43.9 Å². The van der Waals surface area contributed by atoms with Gasteiger partial charge in [0, 0.05) is 42.0 Å². The number of hydrogen-bond donors (Lipinski definition) is 1. The summed E-state index contributed by atoms with van der Waals surface area (Å²) in [5, 5.41) is 3.57. The lowest BCUT2D eigenvalue weighted by Gasteiger charge is -2.26. The molecular formula is C20H21ClN4O2. The third kappa shape index (κ3) is 3.37. The van der Waals surface area contributed by atoms with E-state index < -0.39 is 0 Å². The summed E-state index contributed by atoms with van der Waals surface area (Å²) in [6.07, 6.45) is 5.25. The first-order valence-electron chi connectivity index (χ1n) is 9.18. The summed E-state index contributed by atoms with van der Waals surface area (Å²) >= 11 is 5.93. The third-order valence-electron chi connectivity index (χ3n) is 5.13. The van der Waals surface area contributed by atoms with Crippen LogP contribution in [0.3, 0.4) is 0 Å². The SMILES string of the molecule is Cc1nc2c(C(=O)N3CCCCC3)c[nH]n2c(=O)c1Cc1ccc(Cl)cc1. The fraction of sp³-hybridized carbons (Fsp3) is 0.350. The molecule has 2 aromatic heterocycles. The quantitative estimate of drug-likeness (QED) is 0.753. The highest BCUT2D eigenvalue weighted by molar-refractivity contribution is 6.30. The van der Waals surface area contributed by atoms with Crippen molar-refractivity contribution in [2.75, 3.05) is 13.1 Å². The fourth-order valence-corrected chi connectivity index (χ4v) is 3.72. The van der Waals surface area contributed by atoms with Gasteiger partial charge in [0.1, 0.15) is 5.56 Å². The molecule has 4 rings (SSSR count). The molecule has 0 atom stereocenters. The normalized spacial score (nSPS) is 14.7. The molecule has 0 aliphatic carbocycles. The lowest BCUT2D eigenvalue weighted by Crippen LogP contribution is -2.35. The van der Waals surface area contributed by atoms with Gasteiger partial charge in [0.2, 0.25) is 0 Å². The Bertz CT molecular complexity index is 1050. The van der Waals surface area contributed by atoms with Crippen molar-refractivity contribution in [1.82, 2.24) is 19.5 Å². The maximum atomic E-state index is 13.0. The van der Waals surface area contributed by atoms with Gasteiger partial charge in [0.05, 0.1) is 0 Å². The largest absolute Gasteiger partial charge is 0.338 e. The molecule has 1 amide bonds. The van der Waals surface area contributed by atoms with E-state index in [1.165, 1.54) is 4.52 Å². The minimum atomic E-state index is -0.176. The van der Waals surface area contributed by atoms with E-state index in [-0.39, 0.29) is 11.5 Å². The Hall–Kier alpha value is -2.60. The van der Waals surface area contributed by atoms with Crippen LogP contribution in [0.4, 0.5) is 0 Å². The molecule has 7 heteroatoms. The van der Waals surface area contributed by atoms with Crippen LogP contribution in [-0.2, 0) is 6.42 Å². The highest BCUT2D eigenvalue weighted by atomic mass is 35.5. The highest BCUT2D eigenvalue weighted by Crippen LogP contribution is 2.18. The first kappa shape index (κ1) is 17.8. The van der Waals surface area contributed by atoms with Gasteiger partial charge in [-0.15, -0.1) is 0 Å². The number of carbonyl (C=O) groups is 1. The summed E-state index contributed by atoms with van der Waals surface area (Å²) in [5.41, 5.74) is 2.90. The Morgan fingerprint density at radius 3 is 2.59 bits per heavy atom. The number of piperidine rings is 1. The van der Waals surface area contributed by atoms with Crippen LogP contribution in [0, 0.1) is 6.92 Å². The number of aromatic amines is 1. The van der Waals surface area contributed by atoms with Gasteiger partial charge in [-0.3, -0.25) is 14.7 Å². The molecule has 1 aliphatic heterocycles. The van der Waals surface area contributed by atoms with Crippen molar-refractivity contribution < 1.29 is 4.79 Å². The van der Waals surface area contributed by atoms with Crippen molar-refractivity contribution in [3.05, 3.63) is 68.2 Å². The predicted octanol–water partition coefficient (Wildman–Crippen LogP) is 3.20. The van der Waals surface area contributed by atoms with Crippen LogP contribution >= 0.6 is 11.6 Å². The zero-order valence-corrected chi connectivity index (χ0v) is 15.9. The van der Waals surface area contributed by atoms with Crippen LogP contribution in [0.15, 0.2) is 35.3 Å². The van der Waals surface area contributed by atoms with Crippen LogP contribution in [0.5, 0.6) is 0 Å². The van der Waals surface area contributed by atoms with E-state index in [0.717, 1.165) is 37.9 Å². The van der Waals surface area contributed by atoms with Gasteiger partial charge < -0.3 is 4.90 Å². The van der Waals surface area contributed by atoms with E-state index in [1.807, 2.05) is 24.0 Å². The van der Waals surface area contributed by atoms with Crippen LogP contribution < -0.4 is 5.56 Å². The second-order valence-electron chi connectivity index (χ2n) is 6.98. The number of aryl methyl sites for hydroxylation is 1. The summed E-state index contributed by atoms with van der Waals surface area (Å²) in [7, 11) is 0. The van der Waals surface area contributed by atoms with Gasteiger partial charge in [0.25, 0.3) is 11.5 Å². The Morgan fingerprint density at radius 2 is 1.89 bits per heavy atom. The van der Waals surface area contributed by atoms with Gasteiger partial charge in [0.15, 0.2) is 5.65 Å². The van der Waals surface area contributed by atoms with Gasteiger partial charge in [-0.25, -0.2) is 9.50 Å². The zero-order chi connectivity index (χ0) is 19.0. The molecule has 3 aromatic rings. The Morgan fingerprint density at radius 1 is 1.19 bits per heavy atom. The van der Waals surface area contributed by atoms with Crippen molar-refractivity contribution in [2.24, 2.45) is 0 Å². The maximum Gasteiger partial charge on any atom is 0.276 e. The topological polar surface area (TPSA) is 70.5 Å². The van der Waals surface area contributed by atoms with E-state index in [9.17, 15) is 9.59 Å². The Labute approximate surface area is 161 Å². The van der Waals surface area contributed by atoms with Crippen LogP contribution in [-0.4, -0.2) is 38.5 Å². The third-order valence-corrected chi connectivity index (χ3v) is 5.38. The molecule has 6 nitrogen and oxygen atoms in total. The van der Waals surface area contributed by atoms with E-state index in [1.54, 1.807) is 18.3 Å². The smallest absolute Gasteiger partial charge is 0.276 e. The molecule has 1 saturated heterocycles. The monoisotopic (exact) mass is 384 g/mol. The average molecular weight is 385 g/mol. The summed E-state index contributed by atoms with van der Waals surface area (Å²) < 4.78 is 1.37. The number of likely N-dealkylation sites (tertiary alicyclic amines) is 1. The van der Waals surface area contributed by atoms with E-state index in [2.05, 4.69) is 10.1 Å². The van der Waals surface area contributed by atoms with Crippen molar-refractivity contribution in [1.29, 1.82) is 0 Å². The number of nitrogens with zero attached hydrogens (tertiary/aromatic N) is 3. The van der Waals surface area contributed by atoms with E-state index in [0.29, 0.717) is 33.9 Å². The number of aromatic nitrogens is 3. The second kappa shape index (κ2) is 7.19. The number of carbonyl (C=O) groups excluding carboxylic acids is 1. The Balaban J connectivity index is 1.71. The summed E-state index contributed by atoms with van der Waals surface area (Å²) in [4.78, 5) is 32.2. The van der Waals surface area contributed by atoms with Crippen LogP contribution in [0.1, 0.15) is 46.4 Å². The lowest BCUT2D eigenvalue weighted by molar-refractivity contribution is 0.0726. The molecule has 140 valence electrons. The first-order chi connectivity index (χ1) is 13.0. The maximum absolute atomic E-state index is 13.0. The molecule has 1 N–H and O–H groups in total. The molecular weight excluding hydrogens is 364 g/mol. The number of halogens is 1. The standard InChI is InChI=1S/C20H21ClN4O2/c1-13-16(11-14-5-7-15(21)8-6-14)20(27)25-18(23-13)17(12-22-25)19(26)24-9-3-2-4-10-24/h5-8,12,22H,2-4,9-11H2,1H3. The molecule has 1 fully saturated rings. The molecule has 0 radical (unpaired) electrons. The van der Waals surface area contributed by atoms with Crippen molar-refractivity contribution in [3.63, 3.8) is 0 Å². The van der Waals surface area contributed by atoms with Crippen molar-refractivity contribution in [2.45, 2.75) is 32.6 Å². The van der Waals surface area contributed by atoms with Crippen LogP contribution in [0.25, 0.3) is 5.65 Å². The fourth-order valence-electron chi connectivity index (χ4n) is 3.59. The number of H-pyrrole nitrogens is 1. The molecule has 0 unspecified atom stereocenters. The molecule has 1 aromatic carbocycles. The zero-order valence-electron chi connectivity index (χ0n) is 15.2.